The van der Waals surface area contributed by atoms with Crippen molar-refractivity contribution in [3.63, 3.8) is 0 Å². The molecule has 1 N–H and O–H groups in total. The maximum absolute atomic E-state index is 10.3. The van der Waals surface area contributed by atoms with Gasteiger partial charge in [-0.3, -0.25) is 0 Å². The molecule has 1 heterocycles. The zero-order chi connectivity index (χ0) is 15.9. The van der Waals surface area contributed by atoms with E-state index < -0.39 is 0 Å². The molecule has 2 atom stereocenters. The summed E-state index contributed by atoms with van der Waals surface area (Å²) in [7, 11) is 0. The molecule has 0 aromatic carbocycles. The Balaban J connectivity index is 1.21. The minimum Gasteiger partial charge on any atom is -0.389 e. The van der Waals surface area contributed by atoms with Crippen LogP contribution in [-0.4, -0.2) is 49.0 Å². The molecule has 5 fully saturated rings. The van der Waals surface area contributed by atoms with Gasteiger partial charge < -0.3 is 14.7 Å². The van der Waals surface area contributed by atoms with Crippen molar-refractivity contribution in [1.29, 1.82) is 0 Å². The molecule has 23 heavy (non-hydrogen) atoms. The standard InChI is InChI=1S/C20H35NO2/c1-15-3-2-4-21(11-15)12-19(22)13-23-14-20-8-16-5-17(9-20)7-18(6-16)10-20/h15-19,22H,2-14H2,1H3/t15-,16?,17?,18?,19-,20?/m0/s1. The average Bonchev–Trinajstić information content (AvgIpc) is 2.45. The Hall–Kier alpha value is -0.120. The molecule has 5 rings (SSSR count). The Labute approximate surface area is 141 Å². The van der Waals surface area contributed by atoms with Crippen LogP contribution in [0, 0.1) is 29.1 Å². The third kappa shape index (κ3) is 3.77. The van der Waals surface area contributed by atoms with Crippen molar-refractivity contribution < 1.29 is 9.84 Å². The number of hydrogen-bond donors (Lipinski definition) is 1. The Morgan fingerprint density at radius 3 is 2.39 bits per heavy atom. The predicted octanol–water partition coefficient (Wildman–Crippen LogP) is 3.31. The van der Waals surface area contributed by atoms with Crippen LogP contribution in [0.2, 0.25) is 0 Å². The van der Waals surface area contributed by atoms with Crippen LogP contribution < -0.4 is 0 Å². The number of rotatable bonds is 6. The van der Waals surface area contributed by atoms with E-state index in [0.717, 1.165) is 49.9 Å². The molecule has 132 valence electrons. The maximum atomic E-state index is 10.3. The van der Waals surface area contributed by atoms with Crippen molar-refractivity contribution in [2.45, 2.75) is 64.4 Å². The zero-order valence-corrected chi connectivity index (χ0v) is 14.9. The van der Waals surface area contributed by atoms with Gasteiger partial charge in [-0.15, -0.1) is 0 Å². The van der Waals surface area contributed by atoms with Gasteiger partial charge in [0.05, 0.1) is 19.3 Å². The van der Waals surface area contributed by atoms with Crippen LogP contribution in [0.5, 0.6) is 0 Å². The first-order valence-corrected chi connectivity index (χ1v) is 10.1. The van der Waals surface area contributed by atoms with Crippen LogP contribution in [-0.2, 0) is 4.74 Å². The highest BCUT2D eigenvalue weighted by molar-refractivity contribution is 5.01. The van der Waals surface area contributed by atoms with Gasteiger partial charge in [-0.1, -0.05) is 6.92 Å². The number of hydrogen-bond acceptors (Lipinski definition) is 3. The summed E-state index contributed by atoms with van der Waals surface area (Å²) in [6.45, 7) is 6.85. The first-order valence-electron chi connectivity index (χ1n) is 10.1. The lowest BCUT2D eigenvalue weighted by Crippen LogP contribution is -2.48. The lowest BCUT2D eigenvalue weighted by atomic mass is 9.50. The third-order valence-corrected chi connectivity index (χ3v) is 7.09. The van der Waals surface area contributed by atoms with E-state index in [1.165, 1.54) is 51.4 Å². The highest BCUT2D eigenvalue weighted by Crippen LogP contribution is 2.60. The molecule has 5 aliphatic rings. The second kappa shape index (κ2) is 6.65. The van der Waals surface area contributed by atoms with Crippen molar-refractivity contribution in [1.82, 2.24) is 4.90 Å². The highest BCUT2D eigenvalue weighted by Gasteiger charge is 2.50. The minimum absolute atomic E-state index is 0.311. The molecule has 0 aromatic heterocycles. The van der Waals surface area contributed by atoms with Gasteiger partial charge in [0, 0.05) is 13.1 Å². The van der Waals surface area contributed by atoms with Gasteiger partial charge in [0.25, 0.3) is 0 Å². The molecule has 3 nitrogen and oxygen atoms in total. The number of β-amino-alcohol motifs (C(OH)–C–C–N with tert-alkyl or cyclic N) is 1. The van der Waals surface area contributed by atoms with Crippen molar-refractivity contribution in [2.24, 2.45) is 29.1 Å². The number of aliphatic hydroxyl groups excluding tert-OH is 1. The Kier molecular flexibility index (Phi) is 4.73. The van der Waals surface area contributed by atoms with E-state index in [1.807, 2.05) is 0 Å². The number of nitrogens with zero attached hydrogens (tertiary/aromatic N) is 1. The second-order valence-corrected chi connectivity index (χ2v) is 9.59. The molecule has 0 aromatic rings. The molecule has 0 radical (unpaired) electrons. The third-order valence-electron chi connectivity index (χ3n) is 7.09. The molecule has 1 aliphatic heterocycles. The van der Waals surface area contributed by atoms with Gasteiger partial charge >= 0.3 is 0 Å². The number of ether oxygens (including phenoxy) is 1. The van der Waals surface area contributed by atoms with E-state index in [2.05, 4.69) is 11.8 Å². The van der Waals surface area contributed by atoms with Crippen molar-refractivity contribution >= 4 is 0 Å². The lowest BCUT2D eigenvalue weighted by Gasteiger charge is -2.56. The Morgan fingerprint density at radius 1 is 1.13 bits per heavy atom. The number of piperidine rings is 1. The molecule has 4 aliphatic carbocycles. The van der Waals surface area contributed by atoms with Gasteiger partial charge in [0.1, 0.15) is 0 Å². The molecule has 0 amide bonds. The van der Waals surface area contributed by atoms with Gasteiger partial charge in [0.2, 0.25) is 0 Å². The summed E-state index contributed by atoms with van der Waals surface area (Å²) in [6, 6.07) is 0. The number of aliphatic hydroxyl groups is 1. The normalized spacial score (nSPS) is 44.6. The van der Waals surface area contributed by atoms with E-state index >= 15 is 0 Å². The molecule has 4 bridgehead atoms. The molecule has 1 saturated heterocycles. The van der Waals surface area contributed by atoms with E-state index in [9.17, 15) is 5.11 Å². The average molecular weight is 322 g/mol. The molecular formula is C20H35NO2. The fraction of sp³-hybridized carbons (Fsp3) is 1.00. The van der Waals surface area contributed by atoms with Gasteiger partial charge in [-0.25, -0.2) is 0 Å². The highest BCUT2D eigenvalue weighted by atomic mass is 16.5. The van der Waals surface area contributed by atoms with Gasteiger partial charge in [0.15, 0.2) is 0 Å². The molecule has 4 saturated carbocycles. The number of likely N-dealkylation sites (tertiary alicyclic amines) is 1. The summed E-state index contributed by atoms with van der Waals surface area (Å²) in [5, 5.41) is 10.3. The van der Waals surface area contributed by atoms with Crippen LogP contribution in [0.1, 0.15) is 58.3 Å². The van der Waals surface area contributed by atoms with Crippen LogP contribution in [0.25, 0.3) is 0 Å². The Bertz CT molecular complexity index is 375. The quantitative estimate of drug-likeness (QED) is 0.814. The molecule has 0 spiro atoms. The van der Waals surface area contributed by atoms with Crippen molar-refractivity contribution in [3.05, 3.63) is 0 Å². The van der Waals surface area contributed by atoms with E-state index in [0.29, 0.717) is 12.0 Å². The smallest absolute Gasteiger partial charge is 0.0900 e. The van der Waals surface area contributed by atoms with Crippen LogP contribution in [0.3, 0.4) is 0 Å². The summed E-state index contributed by atoms with van der Waals surface area (Å²) >= 11 is 0. The Morgan fingerprint density at radius 2 is 1.78 bits per heavy atom. The fourth-order valence-corrected chi connectivity index (χ4v) is 6.68. The first-order chi connectivity index (χ1) is 11.1. The van der Waals surface area contributed by atoms with Crippen molar-refractivity contribution in [2.75, 3.05) is 32.8 Å². The lowest BCUT2D eigenvalue weighted by molar-refractivity contribution is -0.107. The van der Waals surface area contributed by atoms with Gasteiger partial charge in [-0.05, 0) is 87.0 Å². The largest absolute Gasteiger partial charge is 0.389 e. The van der Waals surface area contributed by atoms with E-state index in [-0.39, 0.29) is 6.10 Å². The SMILES string of the molecule is C[C@H]1CCCN(C[C@H](O)COCC23CC4CC(CC(C4)C2)C3)C1. The van der Waals surface area contributed by atoms with Gasteiger partial charge in [-0.2, -0.15) is 0 Å². The minimum atomic E-state index is -0.311. The predicted molar refractivity (Wildman–Crippen MR) is 92.3 cm³/mol. The summed E-state index contributed by atoms with van der Waals surface area (Å²) in [5.74, 6) is 3.75. The van der Waals surface area contributed by atoms with Crippen LogP contribution >= 0.6 is 0 Å². The summed E-state index contributed by atoms with van der Waals surface area (Å²) in [4.78, 5) is 2.42. The van der Waals surface area contributed by atoms with Crippen LogP contribution in [0.4, 0.5) is 0 Å². The van der Waals surface area contributed by atoms with Crippen molar-refractivity contribution in [3.8, 4) is 0 Å². The topological polar surface area (TPSA) is 32.7 Å². The second-order valence-electron chi connectivity index (χ2n) is 9.59. The summed E-state index contributed by atoms with van der Waals surface area (Å²) in [6.07, 6.45) is 11.0. The van der Waals surface area contributed by atoms with E-state index in [1.54, 1.807) is 0 Å². The molecule has 0 unspecified atom stereocenters. The monoisotopic (exact) mass is 321 g/mol. The van der Waals surface area contributed by atoms with Crippen LogP contribution in [0.15, 0.2) is 0 Å². The first kappa shape index (κ1) is 16.4. The van der Waals surface area contributed by atoms with E-state index in [4.69, 9.17) is 4.74 Å². The molecule has 3 heteroatoms. The maximum Gasteiger partial charge on any atom is 0.0900 e. The fourth-order valence-electron chi connectivity index (χ4n) is 6.68. The molecular weight excluding hydrogens is 286 g/mol. The summed E-state index contributed by atoms with van der Waals surface area (Å²) < 4.78 is 6.07. The summed E-state index contributed by atoms with van der Waals surface area (Å²) in [5.41, 5.74) is 0.480. The zero-order valence-electron chi connectivity index (χ0n) is 14.9.